The highest BCUT2D eigenvalue weighted by molar-refractivity contribution is 6.05. The van der Waals surface area contributed by atoms with E-state index in [-0.39, 0.29) is 11.8 Å². The van der Waals surface area contributed by atoms with E-state index >= 15 is 0 Å². The number of nitrogens with zero attached hydrogens (tertiary/aromatic N) is 1. The van der Waals surface area contributed by atoms with Crippen LogP contribution in [0.25, 0.3) is 5.69 Å². The average molecular weight is 347 g/mol. The van der Waals surface area contributed by atoms with Gasteiger partial charge in [-0.05, 0) is 61.0 Å². The number of nitrogens with one attached hydrogen (secondary N) is 2. The Hall–Kier alpha value is -3.34. The van der Waals surface area contributed by atoms with Crippen molar-refractivity contribution in [3.05, 3.63) is 78.1 Å². The number of aromatic nitrogens is 1. The number of carbonyl (C=O) groups excluding carboxylic acids is 2. The van der Waals surface area contributed by atoms with Crippen molar-refractivity contribution in [1.82, 2.24) is 4.57 Å². The van der Waals surface area contributed by atoms with Crippen molar-refractivity contribution in [3.8, 4) is 5.69 Å². The topological polar surface area (TPSA) is 63.1 Å². The molecule has 0 saturated heterocycles. The van der Waals surface area contributed by atoms with Crippen LogP contribution in [0.5, 0.6) is 0 Å². The van der Waals surface area contributed by atoms with Gasteiger partial charge in [-0.2, -0.15) is 0 Å². The van der Waals surface area contributed by atoms with Gasteiger partial charge in [0.05, 0.1) is 0 Å². The average Bonchev–Trinajstić information content (AvgIpc) is 3.19. The van der Waals surface area contributed by atoms with Crippen molar-refractivity contribution in [2.24, 2.45) is 0 Å². The molecule has 0 fully saturated rings. The van der Waals surface area contributed by atoms with Gasteiger partial charge >= 0.3 is 0 Å². The van der Waals surface area contributed by atoms with Crippen LogP contribution in [0.3, 0.4) is 0 Å². The molecule has 132 valence electrons. The Morgan fingerprint density at radius 1 is 0.962 bits per heavy atom. The molecule has 1 aromatic heterocycles. The summed E-state index contributed by atoms with van der Waals surface area (Å²) in [6.07, 6.45) is 4.31. The van der Waals surface area contributed by atoms with Gasteiger partial charge in [-0.15, -0.1) is 0 Å². The quantitative estimate of drug-likeness (QED) is 0.719. The standard InChI is InChI=1S/C21H21N3O2/c1-3-20(25)22-17-9-6-15(2)19(14-17)23-21(26)16-7-10-18(11-8-16)24-12-4-5-13-24/h4-14H,3H2,1-2H3,(H,22,25)(H,23,26). The zero-order valence-corrected chi connectivity index (χ0v) is 14.8. The van der Waals surface area contributed by atoms with E-state index in [0.29, 0.717) is 23.4 Å². The summed E-state index contributed by atoms with van der Waals surface area (Å²) in [6.45, 7) is 3.71. The lowest BCUT2D eigenvalue weighted by atomic mass is 10.1. The Labute approximate surface area is 152 Å². The lowest BCUT2D eigenvalue weighted by molar-refractivity contribution is -0.115. The van der Waals surface area contributed by atoms with Crippen molar-refractivity contribution in [3.63, 3.8) is 0 Å². The van der Waals surface area contributed by atoms with Gasteiger partial charge < -0.3 is 15.2 Å². The second kappa shape index (κ2) is 7.70. The molecule has 0 unspecified atom stereocenters. The molecule has 2 N–H and O–H groups in total. The van der Waals surface area contributed by atoms with Crippen LogP contribution in [-0.4, -0.2) is 16.4 Å². The number of hydrogen-bond donors (Lipinski definition) is 2. The molecule has 0 aliphatic rings. The third kappa shape index (κ3) is 4.00. The minimum atomic E-state index is -0.189. The zero-order valence-electron chi connectivity index (χ0n) is 14.8. The molecule has 2 amide bonds. The number of hydrogen-bond acceptors (Lipinski definition) is 2. The molecule has 26 heavy (non-hydrogen) atoms. The minimum absolute atomic E-state index is 0.0632. The third-order valence-corrected chi connectivity index (χ3v) is 4.12. The van der Waals surface area contributed by atoms with Gasteiger partial charge in [0.2, 0.25) is 5.91 Å². The highest BCUT2D eigenvalue weighted by Crippen LogP contribution is 2.21. The fourth-order valence-corrected chi connectivity index (χ4v) is 2.57. The van der Waals surface area contributed by atoms with Crippen LogP contribution in [0.1, 0.15) is 29.3 Å². The monoisotopic (exact) mass is 347 g/mol. The molecule has 0 spiro atoms. The second-order valence-electron chi connectivity index (χ2n) is 6.02. The lowest BCUT2D eigenvalue weighted by Crippen LogP contribution is -2.14. The van der Waals surface area contributed by atoms with E-state index in [4.69, 9.17) is 0 Å². The summed E-state index contributed by atoms with van der Waals surface area (Å²) in [5.41, 5.74) is 3.84. The van der Waals surface area contributed by atoms with E-state index in [9.17, 15) is 9.59 Å². The van der Waals surface area contributed by atoms with Crippen molar-refractivity contribution < 1.29 is 9.59 Å². The van der Waals surface area contributed by atoms with Crippen LogP contribution in [0.2, 0.25) is 0 Å². The van der Waals surface area contributed by atoms with Gasteiger partial charge in [0, 0.05) is 41.4 Å². The summed E-state index contributed by atoms with van der Waals surface area (Å²) in [7, 11) is 0. The minimum Gasteiger partial charge on any atom is -0.326 e. The summed E-state index contributed by atoms with van der Waals surface area (Å²) in [4.78, 5) is 24.1. The SMILES string of the molecule is CCC(=O)Nc1ccc(C)c(NC(=O)c2ccc(-n3cccc3)cc2)c1. The Kier molecular flexibility index (Phi) is 5.17. The van der Waals surface area contributed by atoms with Crippen LogP contribution in [0.15, 0.2) is 67.0 Å². The Morgan fingerprint density at radius 3 is 2.31 bits per heavy atom. The molecule has 5 heteroatoms. The first-order valence-corrected chi connectivity index (χ1v) is 8.52. The van der Waals surface area contributed by atoms with Gasteiger partial charge in [-0.3, -0.25) is 9.59 Å². The van der Waals surface area contributed by atoms with Gasteiger partial charge in [0.15, 0.2) is 0 Å². The molecular formula is C21H21N3O2. The zero-order chi connectivity index (χ0) is 18.5. The van der Waals surface area contributed by atoms with Crippen LogP contribution in [-0.2, 0) is 4.79 Å². The molecule has 2 aromatic carbocycles. The third-order valence-electron chi connectivity index (χ3n) is 4.12. The van der Waals surface area contributed by atoms with Crippen LogP contribution < -0.4 is 10.6 Å². The fourth-order valence-electron chi connectivity index (χ4n) is 2.57. The molecule has 0 atom stereocenters. The largest absolute Gasteiger partial charge is 0.326 e. The number of rotatable bonds is 5. The van der Waals surface area contributed by atoms with Crippen molar-refractivity contribution >= 4 is 23.2 Å². The maximum absolute atomic E-state index is 12.5. The van der Waals surface area contributed by atoms with Gasteiger partial charge in [-0.25, -0.2) is 0 Å². The van der Waals surface area contributed by atoms with Gasteiger partial charge in [0.1, 0.15) is 0 Å². The smallest absolute Gasteiger partial charge is 0.255 e. The van der Waals surface area contributed by atoms with E-state index in [2.05, 4.69) is 10.6 Å². The normalized spacial score (nSPS) is 10.4. The second-order valence-corrected chi connectivity index (χ2v) is 6.02. The highest BCUT2D eigenvalue weighted by Gasteiger charge is 2.09. The molecule has 1 heterocycles. The molecule has 0 aliphatic heterocycles. The van der Waals surface area contributed by atoms with Crippen molar-refractivity contribution in [1.29, 1.82) is 0 Å². The number of amides is 2. The van der Waals surface area contributed by atoms with Gasteiger partial charge in [0.25, 0.3) is 5.91 Å². The summed E-state index contributed by atoms with van der Waals surface area (Å²) < 4.78 is 1.98. The summed E-state index contributed by atoms with van der Waals surface area (Å²) in [5, 5.41) is 5.72. The maximum Gasteiger partial charge on any atom is 0.255 e. The number of anilines is 2. The van der Waals surface area contributed by atoms with E-state index in [0.717, 1.165) is 11.3 Å². The molecule has 0 saturated carbocycles. The Balaban J connectivity index is 1.75. The first kappa shape index (κ1) is 17.5. The molecule has 5 nitrogen and oxygen atoms in total. The van der Waals surface area contributed by atoms with Crippen molar-refractivity contribution in [2.45, 2.75) is 20.3 Å². The number of aryl methyl sites for hydroxylation is 1. The Bertz CT molecular complexity index is 913. The first-order chi connectivity index (χ1) is 12.6. The lowest BCUT2D eigenvalue weighted by Gasteiger charge is -2.12. The Morgan fingerprint density at radius 2 is 1.65 bits per heavy atom. The first-order valence-electron chi connectivity index (χ1n) is 8.52. The van der Waals surface area contributed by atoms with Crippen LogP contribution in [0.4, 0.5) is 11.4 Å². The van der Waals surface area contributed by atoms with Crippen LogP contribution in [0, 0.1) is 6.92 Å². The van der Waals surface area contributed by atoms with Crippen LogP contribution >= 0.6 is 0 Å². The predicted octanol–water partition coefficient (Wildman–Crippen LogP) is 4.39. The molecular weight excluding hydrogens is 326 g/mol. The molecule has 0 aliphatic carbocycles. The number of carbonyl (C=O) groups is 2. The molecule has 0 radical (unpaired) electrons. The summed E-state index contributed by atoms with van der Waals surface area (Å²) in [6, 6.07) is 16.8. The number of benzene rings is 2. The molecule has 3 aromatic rings. The van der Waals surface area contributed by atoms with E-state index < -0.39 is 0 Å². The summed E-state index contributed by atoms with van der Waals surface area (Å²) in [5.74, 6) is -0.252. The van der Waals surface area contributed by atoms with E-state index in [1.54, 1.807) is 25.1 Å². The fraction of sp³-hybridized carbons (Fsp3) is 0.143. The predicted molar refractivity (Wildman–Crippen MR) is 104 cm³/mol. The maximum atomic E-state index is 12.5. The highest BCUT2D eigenvalue weighted by atomic mass is 16.2. The molecule has 3 rings (SSSR count). The summed E-state index contributed by atoms with van der Waals surface area (Å²) >= 11 is 0. The van der Waals surface area contributed by atoms with Gasteiger partial charge in [-0.1, -0.05) is 13.0 Å². The van der Waals surface area contributed by atoms with Crippen molar-refractivity contribution in [2.75, 3.05) is 10.6 Å². The molecule has 0 bridgehead atoms. The van der Waals surface area contributed by atoms with E-state index in [1.807, 2.05) is 60.3 Å². The van der Waals surface area contributed by atoms with E-state index in [1.165, 1.54) is 0 Å².